The van der Waals surface area contributed by atoms with Crippen LogP contribution < -0.4 is 5.32 Å². The molecule has 3 rings (SSSR count). The van der Waals surface area contributed by atoms with Crippen LogP contribution in [0.3, 0.4) is 0 Å². The molecule has 0 aromatic heterocycles. The first kappa shape index (κ1) is 21.1. The van der Waals surface area contributed by atoms with Crippen LogP contribution in [0.25, 0.3) is 0 Å². The van der Waals surface area contributed by atoms with Gasteiger partial charge in [0.15, 0.2) is 0 Å². The van der Waals surface area contributed by atoms with Crippen molar-refractivity contribution < 1.29 is 13.2 Å². The molecule has 5 nitrogen and oxygen atoms in total. The van der Waals surface area contributed by atoms with Crippen LogP contribution in [0.15, 0.2) is 41.3 Å². The van der Waals surface area contributed by atoms with Crippen molar-refractivity contribution in [2.45, 2.75) is 31.6 Å². The summed E-state index contributed by atoms with van der Waals surface area (Å²) in [5.74, 6) is -0.714. The van der Waals surface area contributed by atoms with Gasteiger partial charge in [-0.05, 0) is 56.0 Å². The molecule has 0 unspecified atom stereocenters. The van der Waals surface area contributed by atoms with Crippen molar-refractivity contribution in [1.82, 2.24) is 4.31 Å². The lowest BCUT2D eigenvalue weighted by molar-refractivity contribution is -0.120. The molecule has 1 aliphatic rings. The van der Waals surface area contributed by atoms with Crippen LogP contribution in [-0.4, -0.2) is 31.7 Å². The van der Waals surface area contributed by atoms with E-state index >= 15 is 0 Å². The zero-order valence-corrected chi connectivity index (χ0v) is 18.0. The number of nitrogens with zero attached hydrogens (tertiary/aromatic N) is 1. The molecule has 0 bridgehead atoms. The SMILES string of the molecule is Cc1ccc(C)c(S(=O)(=O)N2CCC[C@@H](C(=O)Nc3cccc(Cl)c3Cl)C2)c1. The number of carbonyl (C=O) groups is 1. The minimum absolute atomic E-state index is 0.139. The lowest BCUT2D eigenvalue weighted by Gasteiger charge is -2.31. The van der Waals surface area contributed by atoms with Crippen LogP contribution in [0.5, 0.6) is 0 Å². The van der Waals surface area contributed by atoms with Crippen molar-refractivity contribution in [3.63, 3.8) is 0 Å². The fourth-order valence-electron chi connectivity index (χ4n) is 3.33. The molecule has 2 aromatic rings. The number of hydrogen-bond donors (Lipinski definition) is 1. The number of anilines is 1. The van der Waals surface area contributed by atoms with Crippen molar-refractivity contribution in [3.8, 4) is 0 Å². The Bertz CT molecular complexity index is 1010. The van der Waals surface area contributed by atoms with E-state index in [0.717, 1.165) is 5.56 Å². The summed E-state index contributed by atoms with van der Waals surface area (Å²) < 4.78 is 27.7. The Morgan fingerprint density at radius 2 is 1.93 bits per heavy atom. The van der Waals surface area contributed by atoms with Gasteiger partial charge in [0.25, 0.3) is 0 Å². The standard InChI is InChI=1S/C20H22Cl2N2O3S/c1-13-8-9-14(2)18(11-13)28(26,27)24-10-4-5-15(12-24)20(25)23-17-7-3-6-16(21)19(17)22/h3,6-9,11,15H,4-5,10,12H2,1-2H3,(H,23,25)/t15-/m1/s1. The van der Waals surface area contributed by atoms with Gasteiger partial charge in [-0.3, -0.25) is 4.79 Å². The number of carbonyl (C=O) groups excluding carboxylic acids is 1. The summed E-state index contributed by atoms with van der Waals surface area (Å²) >= 11 is 12.1. The number of benzene rings is 2. The van der Waals surface area contributed by atoms with Crippen molar-refractivity contribution in [3.05, 3.63) is 57.6 Å². The molecule has 150 valence electrons. The molecule has 1 fully saturated rings. The van der Waals surface area contributed by atoms with Crippen molar-refractivity contribution in [2.24, 2.45) is 5.92 Å². The maximum absolute atomic E-state index is 13.1. The number of nitrogens with one attached hydrogen (secondary N) is 1. The van der Waals surface area contributed by atoms with Crippen LogP contribution in [0.4, 0.5) is 5.69 Å². The first-order valence-corrected chi connectivity index (χ1v) is 11.2. The molecular formula is C20H22Cl2N2O3S. The van der Waals surface area contributed by atoms with Gasteiger partial charge in [-0.25, -0.2) is 8.42 Å². The second-order valence-corrected chi connectivity index (χ2v) is 9.75. The smallest absolute Gasteiger partial charge is 0.243 e. The van der Waals surface area contributed by atoms with Crippen LogP contribution in [0.1, 0.15) is 24.0 Å². The Morgan fingerprint density at radius 1 is 1.18 bits per heavy atom. The molecule has 1 N–H and O–H groups in total. The van der Waals surface area contributed by atoms with Gasteiger partial charge in [0.05, 0.1) is 26.5 Å². The molecule has 1 aliphatic heterocycles. The van der Waals surface area contributed by atoms with Crippen molar-refractivity contribution in [2.75, 3.05) is 18.4 Å². The topological polar surface area (TPSA) is 66.5 Å². The van der Waals surface area contributed by atoms with Gasteiger partial charge in [0, 0.05) is 13.1 Å². The number of halogens is 2. The van der Waals surface area contributed by atoms with E-state index in [1.165, 1.54) is 4.31 Å². The molecular weight excluding hydrogens is 419 g/mol. The lowest BCUT2D eigenvalue weighted by Crippen LogP contribution is -2.43. The Morgan fingerprint density at radius 3 is 2.68 bits per heavy atom. The molecule has 28 heavy (non-hydrogen) atoms. The van der Waals surface area contributed by atoms with E-state index in [0.29, 0.717) is 40.6 Å². The van der Waals surface area contributed by atoms with E-state index in [1.54, 1.807) is 37.3 Å². The third-order valence-corrected chi connectivity index (χ3v) is 7.75. The first-order chi connectivity index (χ1) is 13.2. The van der Waals surface area contributed by atoms with E-state index in [2.05, 4.69) is 5.32 Å². The zero-order chi connectivity index (χ0) is 20.5. The first-order valence-electron chi connectivity index (χ1n) is 9.02. The molecule has 0 saturated carbocycles. The van der Waals surface area contributed by atoms with Gasteiger partial charge in [-0.2, -0.15) is 4.31 Å². The predicted octanol–water partition coefficient (Wildman–Crippen LogP) is 4.65. The predicted molar refractivity (Wildman–Crippen MR) is 112 cm³/mol. The monoisotopic (exact) mass is 440 g/mol. The summed E-state index contributed by atoms with van der Waals surface area (Å²) in [5, 5.41) is 3.40. The Hall–Kier alpha value is -1.60. The molecule has 0 aliphatic carbocycles. The Kier molecular flexibility index (Phi) is 6.34. The molecule has 8 heteroatoms. The number of sulfonamides is 1. The van der Waals surface area contributed by atoms with Gasteiger partial charge < -0.3 is 5.32 Å². The number of hydrogen-bond acceptors (Lipinski definition) is 3. The molecule has 1 heterocycles. The maximum Gasteiger partial charge on any atom is 0.243 e. The summed E-state index contributed by atoms with van der Waals surface area (Å²) in [6.07, 6.45) is 1.23. The van der Waals surface area contributed by atoms with E-state index in [-0.39, 0.29) is 17.5 Å². The second kappa shape index (κ2) is 8.41. The largest absolute Gasteiger partial charge is 0.324 e. The van der Waals surface area contributed by atoms with Gasteiger partial charge in [-0.1, -0.05) is 41.4 Å². The molecule has 0 spiro atoms. The average molecular weight is 441 g/mol. The normalized spacial score (nSPS) is 18.1. The van der Waals surface area contributed by atoms with E-state index in [4.69, 9.17) is 23.2 Å². The molecule has 0 radical (unpaired) electrons. The molecule has 1 atom stereocenters. The van der Waals surface area contributed by atoms with Gasteiger partial charge in [0.2, 0.25) is 15.9 Å². The number of aryl methyl sites for hydroxylation is 2. The van der Waals surface area contributed by atoms with E-state index < -0.39 is 15.9 Å². The Balaban J connectivity index is 1.79. The highest BCUT2D eigenvalue weighted by atomic mass is 35.5. The number of piperidine rings is 1. The summed E-state index contributed by atoms with van der Waals surface area (Å²) in [7, 11) is -3.66. The fraction of sp³-hybridized carbons (Fsp3) is 0.350. The average Bonchev–Trinajstić information content (AvgIpc) is 2.67. The van der Waals surface area contributed by atoms with Gasteiger partial charge in [0.1, 0.15) is 0 Å². The fourth-order valence-corrected chi connectivity index (χ4v) is 5.52. The van der Waals surface area contributed by atoms with Crippen molar-refractivity contribution >= 4 is 44.8 Å². The summed E-state index contributed by atoms with van der Waals surface area (Å²) in [6, 6.07) is 10.4. The minimum Gasteiger partial charge on any atom is -0.324 e. The zero-order valence-electron chi connectivity index (χ0n) is 15.7. The number of rotatable bonds is 4. The van der Waals surface area contributed by atoms with Crippen LogP contribution >= 0.6 is 23.2 Å². The van der Waals surface area contributed by atoms with Gasteiger partial charge in [-0.15, -0.1) is 0 Å². The highest BCUT2D eigenvalue weighted by Crippen LogP contribution is 2.31. The van der Waals surface area contributed by atoms with Crippen LogP contribution in [-0.2, 0) is 14.8 Å². The third kappa shape index (κ3) is 4.35. The second-order valence-electron chi connectivity index (χ2n) is 7.06. The lowest BCUT2D eigenvalue weighted by atomic mass is 9.98. The maximum atomic E-state index is 13.1. The summed E-state index contributed by atoms with van der Waals surface area (Å²) in [4.78, 5) is 13.0. The summed E-state index contributed by atoms with van der Waals surface area (Å²) in [5.41, 5.74) is 2.00. The number of amides is 1. The third-order valence-electron chi connectivity index (χ3n) is 4.93. The van der Waals surface area contributed by atoms with Crippen LogP contribution in [0.2, 0.25) is 10.0 Å². The molecule has 1 saturated heterocycles. The summed E-state index contributed by atoms with van der Waals surface area (Å²) in [6.45, 7) is 4.18. The highest BCUT2D eigenvalue weighted by Gasteiger charge is 2.34. The van der Waals surface area contributed by atoms with Crippen molar-refractivity contribution in [1.29, 1.82) is 0 Å². The van der Waals surface area contributed by atoms with Crippen LogP contribution in [0, 0.1) is 19.8 Å². The van der Waals surface area contributed by atoms with E-state index in [9.17, 15) is 13.2 Å². The minimum atomic E-state index is -3.66. The molecule has 1 amide bonds. The quantitative estimate of drug-likeness (QED) is 0.751. The Labute approximate surface area is 175 Å². The van der Waals surface area contributed by atoms with Gasteiger partial charge >= 0.3 is 0 Å². The highest BCUT2D eigenvalue weighted by molar-refractivity contribution is 7.89. The molecule has 2 aromatic carbocycles. The van der Waals surface area contributed by atoms with E-state index in [1.807, 2.05) is 13.0 Å².